The van der Waals surface area contributed by atoms with Crippen LogP contribution in [0.4, 0.5) is 29.2 Å². The van der Waals surface area contributed by atoms with Crippen LogP contribution in [0.5, 0.6) is 0 Å². The summed E-state index contributed by atoms with van der Waals surface area (Å²) >= 11 is 1.14. The molecule has 1 saturated carbocycles. The first-order valence-corrected chi connectivity index (χ1v) is 11.7. The average molecular weight is 507 g/mol. The third-order valence-corrected chi connectivity index (χ3v) is 6.62. The molecule has 13 heteroatoms. The third kappa shape index (κ3) is 5.04. The minimum Gasteiger partial charge on any atom is -0.402 e. The molecule has 5 N–H and O–H groups in total. The predicted octanol–water partition coefficient (Wildman–Crippen LogP) is 4.31. The summed E-state index contributed by atoms with van der Waals surface area (Å²) in [5.74, 6) is -0.0596. The number of nitrogens with two attached hydrogens (primary N) is 2. The Morgan fingerprint density at radius 3 is 2.60 bits per heavy atom. The number of aromatic nitrogens is 4. The van der Waals surface area contributed by atoms with Gasteiger partial charge >= 0.3 is 6.18 Å². The van der Waals surface area contributed by atoms with Gasteiger partial charge in [-0.3, -0.25) is 0 Å². The van der Waals surface area contributed by atoms with Gasteiger partial charge in [-0.2, -0.15) is 13.2 Å². The van der Waals surface area contributed by atoms with Gasteiger partial charge in [-0.1, -0.05) is 0 Å². The van der Waals surface area contributed by atoms with Gasteiger partial charge in [0.05, 0.1) is 24.1 Å². The summed E-state index contributed by atoms with van der Waals surface area (Å²) in [4.78, 5) is 21.5. The van der Waals surface area contributed by atoms with Crippen LogP contribution in [0, 0.1) is 5.92 Å². The number of imidazole rings is 1. The largest absolute Gasteiger partial charge is 0.449 e. The van der Waals surface area contributed by atoms with E-state index in [1.807, 2.05) is 4.90 Å². The summed E-state index contributed by atoms with van der Waals surface area (Å²) in [6.45, 7) is 2.14. The second-order valence-corrected chi connectivity index (χ2v) is 9.86. The number of aromatic amines is 1. The van der Waals surface area contributed by atoms with Crippen LogP contribution in [-0.4, -0.2) is 44.5 Å². The fourth-order valence-corrected chi connectivity index (χ4v) is 4.77. The van der Waals surface area contributed by atoms with E-state index >= 15 is 0 Å². The smallest absolute Gasteiger partial charge is 0.402 e. The van der Waals surface area contributed by atoms with Crippen LogP contribution in [0.2, 0.25) is 0 Å². The molecule has 0 amide bonds. The number of nitrogens with one attached hydrogen (secondary N) is 1. The Labute approximate surface area is 201 Å². The Bertz CT molecular complexity index is 1330. The zero-order valence-corrected chi connectivity index (χ0v) is 19.4. The van der Waals surface area contributed by atoms with Crippen molar-refractivity contribution in [2.24, 2.45) is 22.4 Å². The summed E-state index contributed by atoms with van der Waals surface area (Å²) in [5.41, 5.74) is 11.3. The molecule has 3 aromatic rings. The lowest BCUT2D eigenvalue weighted by Gasteiger charge is -2.45. The summed E-state index contributed by atoms with van der Waals surface area (Å²) in [6, 6.07) is 6.28. The maximum atomic E-state index is 14.9. The summed E-state index contributed by atoms with van der Waals surface area (Å²) in [5, 5.41) is 0.292. The number of benzene rings is 1. The lowest BCUT2D eigenvalue weighted by Crippen LogP contribution is -2.60. The molecule has 184 valence electrons. The summed E-state index contributed by atoms with van der Waals surface area (Å²) < 4.78 is 53.9. The number of halogens is 4. The van der Waals surface area contributed by atoms with Crippen LogP contribution < -0.4 is 16.4 Å². The molecule has 35 heavy (non-hydrogen) atoms. The number of amidine groups is 1. The number of anilines is 1. The Morgan fingerprint density at radius 2 is 1.94 bits per heavy atom. The van der Waals surface area contributed by atoms with Gasteiger partial charge in [0.15, 0.2) is 11.0 Å². The van der Waals surface area contributed by atoms with Gasteiger partial charge in [0.1, 0.15) is 17.3 Å². The van der Waals surface area contributed by atoms with Crippen molar-refractivity contribution in [3.63, 3.8) is 0 Å². The average Bonchev–Trinajstić information content (AvgIpc) is 3.49. The van der Waals surface area contributed by atoms with Crippen LogP contribution in [0.25, 0.3) is 11.0 Å². The zero-order valence-electron chi connectivity index (χ0n) is 18.6. The van der Waals surface area contributed by atoms with E-state index in [0.29, 0.717) is 21.6 Å². The van der Waals surface area contributed by atoms with E-state index < -0.39 is 17.7 Å². The maximum absolute atomic E-state index is 14.9. The quantitative estimate of drug-likeness (QED) is 0.197. The van der Waals surface area contributed by atoms with Gasteiger partial charge in [0.25, 0.3) is 0 Å². The molecule has 1 saturated heterocycles. The number of rotatable bonds is 6. The molecule has 2 aromatic heterocycles. The van der Waals surface area contributed by atoms with E-state index in [0.717, 1.165) is 24.6 Å². The zero-order chi connectivity index (χ0) is 25.0. The number of allylic oxidation sites excluding steroid dienone is 1. The van der Waals surface area contributed by atoms with Crippen molar-refractivity contribution in [2.75, 3.05) is 18.0 Å². The molecule has 0 atom stereocenters. The molecule has 2 fully saturated rings. The maximum Gasteiger partial charge on any atom is 0.449 e. The second-order valence-electron chi connectivity index (χ2n) is 8.82. The number of aliphatic imine (C=N–C) groups is 1. The molecule has 8 nitrogen and oxygen atoms in total. The highest BCUT2D eigenvalue weighted by atomic mass is 32.2. The number of hydrogen-bond acceptors (Lipinski definition) is 7. The van der Waals surface area contributed by atoms with Crippen molar-refractivity contribution >= 4 is 40.3 Å². The van der Waals surface area contributed by atoms with Crippen LogP contribution in [0.3, 0.4) is 0 Å². The Hall–Kier alpha value is -3.35. The Balaban J connectivity index is 1.45. The molecule has 0 radical (unpaired) electrons. The van der Waals surface area contributed by atoms with Crippen LogP contribution in [-0.2, 0) is 6.18 Å². The van der Waals surface area contributed by atoms with Crippen molar-refractivity contribution in [3.8, 4) is 0 Å². The standard InChI is InChI=1S/C22H22F4N8S/c1-11(27)6-16(28)31-17-8-18(34-9-21(23,10-34)12-2-3-12)33-20(32-17)35-13-4-5-14-15(7-13)30-19(29-14)22(24,25)26/h4-8,12H,2-3,9-10,27H2,1H3,(H,29,30)(H2,28,31,32,33). The minimum absolute atomic E-state index is 0.1000. The monoisotopic (exact) mass is 506 g/mol. The highest BCUT2D eigenvalue weighted by Gasteiger charge is 2.54. The first-order chi connectivity index (χ1) is 16.5. The first-order valence-electron chi connectivity index (χ1n) is 10.8. The number of nitrogens with zero attached hydrogens (tertiary/aromatic N) is 5. The minimum atomic E-state index is -4.57. The number of alkyl halides is 4. The van der Waals surface area contributed by atoms with Crippen molar-refractivity contribution in [3.05, 3.63) is 41.9 Å². The molecular formula is C22H22F4N8S. The first kappa shape index (κ1) is 23.4. The van der Waals surface area contributed by atoms with Gasteiger partial charge in [-0.25, -0.2) is 24.3 Å². The molecule has 2 aliphatic rings. The summed E-state index contributed by atoms with van der Waals surface area (Å²) in [7, 11) is 0. The molecule has 5 rings (SSSR count). The molecule has 0 spiro atoms. The molecule has 1 aliphatic carbocycles. The molecular weight excluding hydrogens is 484 g/mol. The van der Waals surface area contributed by atoms with Gasteiger partial charge in [0, 0.05) is 16.7 Å². The van der Waals surface area contributed by atoms with Crippen LogP contribution in [0.1, 0.15) is 25.6 Å². The highest BCUT2D eigenvalue weighted by Crippen LogP contribution is 2.48. The number of hydrogen-bond donors (Lipinski definition) is 3. The van der Waals surface area contributed by atoms with Gasteiger partial charge in [-0.15, -0.1) is 0 Å². The topological polar surface area (TPSA) is 122 Å². The number of fused-ring (bicyclic) bond motifs is 1. The molecule has 1 aromatic carbocycles. The van der Waals surface area contributed by atoms with Crippen molar-refractivity contribution in [2.45, 2.75) is 41.7 Å². The predicted molar refractivity (Wildman–Crippen MR) is 125 cm³/mol. The fourth-order valence-electron chi connectivity index (χ4n) is 3.96. The van der Waals surface area contributed by atoms with E-state index in [2.05, 4.69) is 24.9 Å². The summed E-state index contributed by atoms with van der Waals surface area (Å²) in [6.07, 6.45) is -1.28. The van der Waals surface area contributed by atoms with Gasteiger partial charge in [-0.05, 0) is 61.7 Å². The Kier molecular flexibility index (Phi) is 5.61. The van der Waals surface area contributed by atoms with Gasteiger partial charge < -0.3 is 21.4 Å². The van der Waals surface area contributed by atoms with Crippen LogP contribution in [0.15, 0.2) is 51.1 Å². The van der Waals surface area contributed by atoms with Crippen molar-refractivity contribution < 1.29 is 17.6 Å². The van der Waals surface area contributed by atoms with Crippen LogP contribution >= 0.6 is 11.8 Å². The SMILES string of the molecule is CC(N)=CC(N)=Nc1cc(N2CC(F)(C3CC3)C2)nc(Sc2ccc3nc(C(F)(F)F)[nH]c3c2)n1. The normalized spacial score (nSPS) is 18.7. The third-order valence-electron chi connectivity index (χ3n) is 5.77. The van der Waals surface area contributed by atoms with E-state index in [1.165, 1.54) is 12.1 Å². The van der Waals surface area contributed by atoms with E-state index in [-0.39, 0.29) is 41.7 Å². The Morgan fingerprint density at radius 1 is 1.20 bits per heavy atom. The van der Waals surface area contributed by atoms with Crippen molar-refractivity contribution in [1.29, 1.82) is 0 Å². The lowest BCUT2D eigenvalue weighted by molar-refractivity contribution is -0.144. The van der Waals surface area contributed by atoms with E-state index in [1.54, 1.807) is 25.1 Å². The van der Waals surface area contributed by atoms with E-state index in [9.17, 15) is 17.6 Å². The molecule has 1 aliphatic heterocycles. The lowest BCUT2D eigenvalue weighted by atomic mass is 9.91. The highest BCUT2D eigenvalue weighted by molar-refractivity contribution is 7.99. The fraction of sp³-hybridized carbons (Fsp3) is 0.364. The number of H-pyrrole nitrogens is 1. The molecule has 3 heterocycles. The van der Waals surface area contributed by atoms with Crippen molar-refractivity contribution in [1.82, 2.24) is 19.9 Å². The second kappa shape index (κ2) is 8.40. The van der Waals surface area contributed by atoms with Gasteiger partial charge in [0.2, 0.25) is 5.82 Å². The molecule has 0 unspecified atom stereocenters. The van der Waals surface area contributed by atoms with E-state index in [4.69, 9.17) is 11.5 Å². The molecule has 0 bridgehead atoms.